The Kier molecular flexibility index (Phi) is 3.55. The van der Waals surface area contributed by atoms with Gasteiger partial charge in [-0.25, -0.2) is 8.78 Å². The molecule has 0 aromatic heterocycles. The molecule has 0 fully saturated rings. The minimum atomic E-state index is -0.810. The largest absolute Gasteiger partial charge is 0.391 e. The van der Waals surface area contributed by atoms with Gasteiger partial charge in [-0.15, -0.1) is 0 Å². The molecule has 0 heterocycles. The minimum absolute atomic E-state index is 0.140. The Hall–Kier alpha value is -1.00. The molecule has 1 aromatic rings. The summed E-state index contributed by atoms with van der Waals surface area (Å²) in [4.78, 5) is 0. The van der Waals surface area contributed by atoms with Gasteiger partial charge in [0.2, 0.25) is 0 Å². The van der Waals surface area contributed by atoms with Crippen molar-refractivity contribution in [2.75, 3.05) is 0 Å². The smallest absolute Gasteiger partial charge is 0.130 e. The van der Waals surface area contributed by atoms with Gasteiger partial charge < -0.3 is 10.8 Å². The van der Waals surface area contributed by atoms with Gasteiger partial charge in [-0.2, -0.15) is 0 Å². The zero-order valence-electron chi connectivity index (χ0n) is 7.87. The Balaban J connectivity index is 2.95. The summed E-state index contributed by atoms with van der Waals surface area (Å²) in [5, 5.41) is 9.39. The van der Waals surface area contributed by atoms with Crippen LogP contribution in [0.3, 0.4) is 0 Å². The summed E-state index contributed by atoms with van der Waals surface area (Å²) in [6, 6.07) is 2.34. The number of benzene rings is 1. The van der Waals surface area contributed by atoms with E-state index in [0.29, 0.717) is 6.42 Å². The molecule has 0 aliphatic carbocycles. The molecule has 0 radical (unpaired) electrons. The summed E-state index contributed by atoms with van der Waals surface area (Å²) in [5.74, 6) is -1.37. The first-order valence-electron chi connectivity index (χ1n) is 4.44. The average Bonchev–Trinajstić information content (AvgIpc) is 2.15. The highest BCUT2D eigenvalue weighted by Crippen LogP contribution is 2.20. The van der Waals surface area contributed by atoms with Crippen molar-refractivity contribution in [3.05, 3.63) is 35.4 Å². The topological polar surface area (TPSA) is 46.2 Å². The molecule has 0 amide bonds. The Morgan fingerprint density at radius 3 is 2.57 bits per heavy atom. The van der Waals surface area contributed by atoms with Crippen molar-refractivity contribution < 1.29 is 13.9 Å². The van der Waals surface area contributed by atoms with Crippen molar-refractivity contribution in [2.24, 2.45) is 5.73 Å². The molecule has 0 saturated carbocycles. The van der Waals surface area contributed by atoms with Crippen LogP contribution in [0.1, 0.15) is 24.9 Å². The SMILES string of the molecule is CCC(O)C(N)c1ccc(F)cc1F. The van der Waals surface area contributed by atoms with E-state index in [1.54, 1.807) is 6.92 Å². The van der Waals surface area contributed by atoms with Crippen LogP contribution in [0.5, 0.6) is 0 Å². The summed E-state index contributed by atoms with van der Waals surface area (Å²) in [6.45, 7) is 1.74. The summed E-state index contributed by atoms with van der Waals surface area (Å²) >= 11 is 0. The fourth-order valence-corrected chi connectivity index (χ4v) is 1.23. The molecule has 2 atom stereocenters. The molecule has 14 heavy (non-hydrogen) atoms. The molecule has 0 aliphatic heterocycles. The number of halogens is 2. The summed E-state index contributed by atoms with van der Waals surface area (Å²) in [6.07, 6.45) is -0.382. The molecule has 0 aliphatic rings. The van der Waals surface area contributed by atoms with Crippen LogP contribution in [0.2, 0.25) is 0 Å². The zero-order valence-corrected chi connectivity index (χ0v) is 7.87. The van der Waals surface area contributed by atoms with Crippen molar-refractivity contribution >= 4 is 0 Å². The van der Waals surface area contributed by atoms with Crippen LogP contribution in [0, 0.1) is 11.6 Å². The third-order valence-electron chi connectivity index (χ3n) is 2.15. The quantitative estimate of drug-likeness (QED) is 0.782. The molecule has 2 unspecified atom stereocenters. The normalized spacial score (nSPS) is 15.2. The molecule has 4 heteroatoms. The fraction of sp³-hybridized carbons (Fsp3) is 0.400. The monoisotopic (exact) mass is 201 g/mol. The maximum Gasteiger partial charge on any atom is 0.130 e. The van der Waals surface area contributed by atoms with E-state index in [9.17, 15) is 13.9 Å². The lowest BCUT2D eigenvalue weighted by Crippen LogP contribution is -2.26. The van der Waals surface area contributed by atoms with E-state index < -0.39 is 23.8 Å². The van der Waals surface area contributed by atoms with Crippen molar-refractivity contribution in [1.29, 1.82) is 0 Å². The highest BCUT2D eigenvalue weighted by molar-refractivity contribution is 5.22. The van der Waals surface area contributed by atoms with Crippen molar-refractivity contribution in [3.63, 3.8) is 0 Å². The molecule has 0 spiro atoms. The molecule has 1 rings (SSSR count). The van der Waals surface area contributed by atoms with E-state index >= 15 is 0 Å². The number of aliphatic hydroxyl groups is 1. The van der Waals surface area contributed by atoms with Crippen LogP contribution in [0.25, 0.3) is 0 Å². The molecule has 2 nitrogen and oxygen atoms in total. The van der Waals surface area contributed by atoms with Crippen LogP contribution >= 0.6 is 0 Å². The average molecular weight is 201 g/mol. The van der Waals surface area contributed by atoms with E-state index in [1.807, 2.05) is 0 Å². The third kappa shape index (κ3) is 2.27. The maximum absolute atomic E-state index is 13.2. The van der Waals surface area contributed by atoms with E-state index in [1.165, 1.54) is 6.07 Å². The lowest BCUT2D eigenvalue weighted by Gasteiger charge is -2.17. The van der Waals surface area contributed by atoms with E-state index in [4.69, 9.17) is 5.73 Å². The van der Waals surface area contributed by atoms with Crippen LogP contribution in [-0.2, 0) is 0 Å². The van der Waals surface area contributed by atoms with E-state index in [-0.39, 0.29) is 5.56 Å². The van der Waals surface area contributed by atoms with Gasteiger partial charge in [0, 0.05) is 11.6 Å². The summed E-state index contributed by atoms with van der Waals surface area (Å²) in [7, 11) is 0. The Morgan fingerprint density at radius 1 is 1.43 bits per heavy atom. The third-order valence-corrected chi connectivity index (χ3v) is 2.15. The van der Waals surface area contributed by atoms with Gasteiger partial charge in [0.05, 0.1) is 12.1 Å². The first kappa shape index (κ1) is 11.1. The molecule has 3 N–H and O–H groups in total. The van der Waals surface area contributed by atoms with Gasteiger partial charge in [0.1, 0.15) is 11.6 Å². The van der Waals surface area contributed by atoms with Crippen molar-refractivity contribution in [3.8, 4) is 0 Å². The van der Waals surface area contributed by atoms with Crippen LogP contribution < -0.4 is 5.73 Å². The molecule has 0 bridgehead atoms. The number of hydrogen-bond acceptors (Lipinski definition) is 2. The van der Waals surface area contributed by atoms with Gasteiger partial charge in [0.25, 0.3) is 0 Å². The zero-order chi connectivity index (χ0) is 10.7. The molecular formula is C10H13F2NO. The standard InChI is InChI=1S/C10H13F2NO/c1-2-9(14)10(13)7-4-3-6(11)5-8(7)12/h3-5,9-10,14H,2,13H2,1H3. The first-order valence-corrected chi connectivity index (χ1v) is 4.44. The van der Waals surface area contributed by atoms with Gasteiger partial charge in [-0.3, -0.25) is 0 Å². The molecule has 1 aromatic carbocycles. The number of rotatable bonds is 3. The Labute approximate surface area is 81.4 Å². The predicted molar refractivity (Wildman–Crippen MR) is 49.6 cm³/mol. The summed E-state index contributed by atoms with van der Waals surface area (Å²) in [5.41, 5.74) is 5.73. The lowest BCUT2D eigenvalue weighted by atomic mass is 10.0. The lowest BCUT2D eigenvalue weighted by molar-refractivity contribution is 0.139. The van der Waals surface area contributed by atoms with Crippen LogP contribution in [-0.4, -0.2) is 11.2 Å². The van der Waals surface area contributed by atoms with Gasteiger partial charge in [-0.1, -0.05) is 13.0 Å². The number of aliphatic hydroxyl groups excluding tert-OH is 1. The fourth-order valence-electron chi connectivity index (χ4n) is 1.23. The van der Waals surface area contributed by atoms with E-state index in [2.05, 4.69) is 0 Å². The van der Waals surface area contributed by atoms with Gasteiger partial charge in [0.15, 0.2) is 0 Å². The Morgan fingerprint density at radius 2 is 2.07 bits per heavy atom. The Bertz CT molecular complexity index is 317. The predicted octanol–water partition coefficient (Wildman–Crippen LogP) is 1.74. The highest BCUT2D eigenvalue weighted by Gasteiger charge is 2.18. The molecule has 0 saturated heterocycles. The highest BCUT2D eigenvalue weighted by atomic mass is 19.1. The van der Waals surface area contributed by atoms with Gasteiger partial charge >= 0.3 is 0 Å². The number of nitrogens with two attached hydrogens (primary N) is 1. The van der Waals surface area contributed by atoms with Crippen molar-refractivity contribution in [2.45, 2.75) is 25.5 Å². The second kappa shape index (κ2) is 4.48. The maximum atomic E-state index is 13.2. The van der Waals surface area contributed by atoms with E-state index in [0.717, 1.165) is 12.1 Å². The first-order chi connectivity index (χ1) is 6.56. The second-order valence-electron chi connectivity index (χ2n) is 3.17. The van der Waals surface area contributed by atoms with Crippen molar-refractivity contribution in [1.82, 2.24) is 0 Å². The molecule has 78 valence electrons. The second-order valence-corrected chi connectivity index (χ2v) is 3.17. The number of hydrogen-bond donors (Lipinski definition) is 2. The van der Waals surface area contributed by atoms with Gasteiger partial charge in [-0.05, 0) is 12.5 Å². The minimum Gasteiger partial charge on any atom is -0.391 e. The van der Waals surface area contributed by atoms with Crippen LogP contribution in [0.4, 0.5) is 8.78 Å². The summed E-state index contributed by atoms with van der Waals surface area (Å²) < 4.78 is 25.7. The molecular weight excluding hydrogens is 188 g/mol. The van der Waals surface area contributed by atoms with Crippen LogP contribution in [0.15, 0.2) is 18.2 Å².